The number of carbonyl (C=O) groups is 1. The minimum absolute atomic E-state index is 0.0976. The third kappa shape index (κ3) is 12.1. The van der Waals surface area contributed by atoms with Crippen molar-refractivity contribution >= 4 is 17.5 Å². The van der Waals surface area contributed by atoms with Gasteiger partial charge in [0.15, 0.2) is 12.4 Å². The molecule has 0 aliphatic heterocycles. The molecule has 0 saturated heterocycles. The number of hydrogen-bond donors (Lipinski definition) is 0. The highest BCUT2D eigenvalue weighted by Gasteiger charge is 2.22. The van der Waals surface area contributed by atoms with Crippen LogP contribution in [0.2, 0.25) is 5.02 Å². The Bertz CT molecular complexity index is 1230. The summed E-state index contributed by atoms with van der Waals surface area (Å²) in [5.41, 5.74) is 2.49. The average molecular weight is 622 g/mol. The predicted molar refractivity (Wildman–Crippen MR) is 182 cm³/mol. The Morgan fingerprint density at radius 3 is 2.02 bits per heavy atom. The third-order valence-corrected chi connectivity index (χ3v) is 8.39. The molecule has 0 N–H and O–H groups in total. The van der Waals surface area contributed by atoms with Gasteiger partial charge < -0.3 is 14.4 Å². The number of amides is 1. The first kappa shape index (κ1) is 35.4. The molecule has 1 heterocycles. The van der Waals surface area contributed by atoms with Crippen LogP contribution in [-0.2, 0) is 19.6 Å². The number of methoxy groups -OCH3 is 1. The van der Waals surface area contributed by atoms with Crippen LogP contribution in [0.1, 0.15) is 119 Å². The Kier molecular flexibility index (Phi) is 16.8. The fourth-order valence-corrected chi connectivity index (χ4v) is 5.82. The molecule has 0 radical (unpaired) electrons. The van der Waals surface area contributed by atoms with Crippen molar-refractivity contribution in [2.45, 2.75) is 117 Å². The summed E-state index contributed by atoms with van der Waals surface area (Å²) in [6.45, 7) is 6.84. The minimum Gasteiger partial charge on any atom is -0.496 e. The third-order valence-electron chi connectivity index (χ3n) is 8.09. The van der Waals surface area contributed by atoms with E-state index in [1.807, 2.05) is 47.4 Å². The number of aryl methyl sites for hydroxylation is 1. The van der Waals surface area contributed by atoms with E-state index >= 15 is 0 Å². The molecule has 1 aromatic heterocycles. The maximum atomic E-state index is 14.0. The van der Waals surface area contributed by atoms with E-state index in [0.29, 0.717) is 41.8 Å². The van der Waals surface area contributed by atoms with Gasteiger partial charge >= 0.3 is 0 Å². The lowest BCUT2D eigenvalue weighted by atomic mass is 10.1. The standard InChI is InChI=1S/C38H54ClN2O3/c1-4-6-7-8-9-10-11-12-13-14-15-18-29-44-37-33(20-19-22-35(37)39)31-41(30-32-24-27-40(26-5-2)28-25-32)38(42)34-21-16-17-23-36(34)43-3/h16-17,19-25,27-28H,4-15,18,26,29-31H2,1-3H3/q+1. The largest absolute Gasteiger partial charge is 0.496 e. The Hall–Kier alpha value is -3.05. The van der Waals surface area contributed by atoms with Gasteiger partial charge in [0.05, 0.1) is 30.8 Å². The zero-order valence-corrected chi connectivity index (χ0v) is 28.1. The number of aromatic nitrogens is 1. The van der Waals surface area contributed by atoms with E-state index in [2.05, 4.69) is 42.9 Å². The molecule has 0 atom stereocenters. The molecular weight excluding hydrogens is 568 g/mol. The lowest BCUT2D eigenvalue weighted by molar-refractivity contribution is -0.697. The van der Waals surface area contributed by atoms with Gasteiger partial charge in [0.1, 0.15) is 18.0 Å². The molecule has 44 heavy (non-hydrogen) atoms. The molecule has 0 fully saturated rings. The molecule has 3 rings (SSSR count). The van der Waals surface area contributed by atoms with Gasteiger partial charge in [0.2, 0.25) is 0 Å². The van der Waals surface area contributed by atoms with Gasteiger partial charge in [0.25, 0.3) is 5.91 Å². The molecule has 0 aliphatic rings. The highest BCUT2D eigenvalue weighted by molar-refractivity contribution is 6.32. The normalized spacial score (nSPS) is 11.0. The number of rotatable bonds is 22. The average Bonchev–Trinajstić information content (AvgIpc) is 3.04. The lowest BCUT2D eigenvalue weighted by Gasteiger charge is -2.25. The second-order valence-electron chi connectivity index (χ2n) is 11.8. The molecule has 240 valence electrons. The molecule has 0 saturated carbocycles. The van der Waals surface area contributed by atoms with E-state index < -0.39 is 0 Å². The fraction of sp³-hybridized carbons (Fsp3) is 0.526. The molecule has 1 amide bonds. The molecule has 6 heteroatoms. The van der Waals surface area contributed by atoms with Crippen LogP contribution in [-0.4, -0.2) is 24.5 Å². The van der Waals surface area contributed by atoms with E-state index in [1.54, 1.807) is 7.11 Å². The van der Waals surface area contributed by atoms with Crippen LogP contribution in [0.25, 0.3) is 0 Å². The van der Waals surface area contributed by atoms with Gasteiger partial charge in [-0.05, 0) is 30.2 Å². The van der Waals surface area contributed by atoms with E-state index in [1.165, 1.54) is 64.2 Å². The van der Waals surface area contributed by atoms with Crippen LogP contribution in [0.3, 0.4) is 0 Å². The van der Waals surface area contributed by atoms with E-state index in [9.17, 15) is 4.79 Å². The second kappa shape index (κ2) is 20.8. The van der Waals surface area contributed by atoms with E-state index in [0.717, 1.165) is 36.9 Å². The second-order valence-corrected chi connectivity index (χ2v) is 12.2. The minimum atomic E-state index is -0.0976. The fourth-order valence-electron chi connectivity index (χ4n) is 5.58. The van der Waals surface area contributed by atoms with Crippen molar-refractivity contribution in [2.75, 3.05) is 13.7 Å². The van der Waals surface area contributed by atoms with Crippen molar-refractivity contribution in [3.8, 4) is 11.5 Å². The lowest BCUT2D eigenvalue weighted by Crippen LogP contribution is -2.34. The van der Waals surface area contributed by atoms with Gasteiger partial charge in [-0.1, -0.05) is 120 Å². The number of pyridine rings is 1. The number of hydrogen-bond acceptors (Lipinski definition) is 3. The first-order valence-corrected chi connectivity index (χ1v) is 17.3. The Morgan fingerprint density at radius 2 is 1.39 bits per heavy atom. The summed E-state index contributed by atoms with van der Waals surface area (Å²) in [6, 6.07) is 17.3. The monoisotopic (exact) mass is 621 g/mol. The molecule has 0 aliphatic carbocycles. The van der Waals surface area contributed by atoms with Crippen molar-refractivity contribution in [1.29, 1.82) is 0 Å². The number of ether oxygens (including phenoxy) is 2. The van der Waals surface area contributed by atoms with Crippen molar-refractivity contribution < 1.29 is 18.8 Å². The topological polar surface area (TPSA) is 42.7 Å². The maximum absolute atomic E-state index is 14.0. The van der Waals surface area contributed by atoms with Gasteiger partial charge in [-0.25, -0.2) is 4.57 Å². The van der Waals surface area contributed by atoms with Gasteiger partial charge in [-0.2, -0.15) is 0 Å². The number of para-hydroxylation sites is 2. The summed E-state index contributed by atoms with van der Waals surface area (Å²) in [7, 11) is 1.60. The highest BCUT2D eigenvalue weighted by Crippen LogP contribution is 2.31. The molecule has 0 bridgehead atoms. The van der Waals surface area contributed by atoms with E-state index in [4.69, 9.17) is 21.1 Å². The number of carbonyl (C=O) groups excluding carboxylic acids is 1. The smallest absolute Gasteiger partial charge is 0.258 e. The summed E-state index contributed by atoms with van der Waals surface area (Å²) in [4.78, 5) is 15.8. The van der Waals surface area contributed by atoms with Crippen molar-refractivity contribution in [2.24, 2.45) is 0 Å². The number of halogens is 1. The molecule has 0 unspecified atom stereocenters. The summed E-state index contributed by atoms with van der Waals surface area (Å²) in [5.74, 6) is 1.13. The van der Waals surface area contributed by atoms with Crippen LogP contribution in [0, 0.1) is 0 Å². The zero-order chi connectivity index (χ0) is 31.4. The van der Waals surface area contributed by atoms with Crippen LogP contribution >= 0.6 is 11.6 Å². The first-order valence-electron chi connectivity index (χ1n) is 16.9. The SMILES string of the molecule is CCCCCCCCCCCCCCOc1c(Cl)cccc1CN(Cc1cc[n+](CCC)cc1)C(=O)c1ccccc1OC. The van der Waals surface area contributed by atoms with Crippen molar-refractivity contribution in [3.63, 3.8) is 0 Å². The summed E-state index contributed by atoms with van der Waals surface area (Å²) in [5, 5.41) is 0.575. The number of unbranched alkanes of at least 4 members (excludes halogenated alkanes) is 11. The quantitative estimate of drug-likeness (QED) is 0.0828. The Morgan fingerprint density at radius 1 is 0.750 bits per heavy atom. The molecule has 2 aromatic carbocycles. The van der Waals surface area contributed by atoms with Gasteiger partial charge in [-0.15, -0.1) is 0 Å². The Balaban J connectivity index is 1.60. The maximum Gasteiger partial charge on any atom is 0.258 e. The molecule has 0 spiro atoms. The molecule has 5 nitrogen and oxygen atoms in total. The van der Waals surface area contributed by atoms with Crippen LogP contribution in [0.15, 0.2) is 67.0 Å². The zero-order valence-electron chi connectivity index (χ0n) is 27.4. The first-order chi connectivity index (χ1) is 21.6. The molecular formula is C38H54ClN2O3+. The van der Waals surface area contributed by atoms with Gasteiger partial charge in [-0.3, -0.25) is 4.79 Å². The highest BCUT2D eigenvalue weighted by atomic mass is 35.5. The summed E-state index contributed by atoms with van der Waals surface area (Å²) < 4.78 is 14.0. The Labute approximate surface area is 271 Å². The van der Waals surface area contributed by atoms with Crippen LogP contribution in [0.5, 0.6) is 11.5 Å². The van der Waals surface area contributed by atoms with Gasteiger partial charge in [0, 0.05) is 30.7 Å². The molecule has 3 aromatic rings. The van der Waals surface area contributed by atoms with E-state index in [-0.39, 0.29) is 5.91 Å². The van der Waals surface area contributed by atoms with Crippen LogP contribution in [0.4, 0.5) is 0 Å². The number of nitrogens with zero attached hydrogens (tertiary/aromatic N) is 2. The van der Waals surface area contributed by atoms with Crippen molar-refractivity contribution in [1.82, 2.24) is 4.90 Å². The summed E-state index contributed by atoms with van der Waals surface area (Å²) >= 11 is 6.66. The summed E-state index contributed by atoms with van der Waals surface area (Å²) in [6.07, 6.45) is 20.8. The van der Waals surface area contributed by atoms with Crippen LogP contribution < -0.4 is 14.0 Å². The predicted octanol–water partition coefficient (Wildman–Crippen LogP) is 9.97. The number of benzene rings is 2. The van der Waals surface area contributed by atoms with Crippen molar-refractivity contribution in [3.05, 3.63) is 88.7 Å².